The molecule has 0 spiro atoms. The molecule has 0 aromatic carbocycles. The van der Waals surface area contributed by atoms with Crippen molar-refractivity contribution in [3.8, 4) is 0 Å². The minimum absolute atomic E-state index is 0.0200. The van der Waals surface area contributed by atoms with E-state index in [0.717, 1.165) is 30.5 Å². The number of hydrogen-bond donors (Lipinski definition) is 2. The maximum Gasteiger partial charge on any atom is 0.226 e. The van der Waals surface area contributed by atoms with Crippen LogP contribution in [0.15, 0.2) is 6.20 Å². The van der Waals surface area contributed by atoms with Crippen LogP contribution in [0.2, 0.25) is 0 Å². The zero-order valence-electron chi connectivity index (χ0n) is 9.84. The molecular formula is C10H16ClN3O3S. The number of rotatable bonds is 5. The predicted molar refractivity (Wildman–Crippen MR) is 67.8 cm³/mol. The Bertz CT molecular complexity index is 514. The van der Waals surface area contributed by atoms with E-state index >= 15 is 0 Å². The van der Waals surface area contributed by atoms with Crippen molar-refractivity contribution in [2.45, 2.75) is 31.8 Å². The van der Waals surface area contributed by atoms with Crippen LogP contribution < -0.4 is 4.72 Å². The molecule has 1 aliphatic rings. The lowest BCUT2D eigenvalue weighted by molar-refractivity contribution is 0.266. The average molecular weight is 294 g/mol. The van der Waals surface area contributed by atoms with Gasteiger partial charge in [0.25, 0.3) is 0 Å². The van der Waals surface area contributed by atoms with E-state index in [4.69, 9.17) is 16.7 Å². The van der Waals surface area contributed by atoms with E-state index in [9.17, 15) is 8.42 Å². The molecule has 0 saturated carbocycles. The third-order valence-corrected chi connectivity index (χ3v) is 4.83. The molecule has 0 fully saturated rings. The fraction of sp³-hybridized carbons (Fsp3) is 0.700. The van der Waals surface area contributed by atoms with Gasteiger partial charge in [0, 0.05) is 11.3 Å². The Hall–Kier alpha value is -0.630. The number of sulfonamides is 1. The van der Waals surface area contributed by atoms with Gasteiger partial charge in [-0.2, -0.15) is 5.10 Å². The first-order valence-corrected chi connectivity index (χ1v) is 7.97. The van der Waals surface area contributed by atoms with E-state index in [-0.39, 0.29) is 12.6 Å². The smallest absolute Gasteiger partial charge is 0.226 e. The van der Waals surface area contributed by atoms with Crippen LogP contribution in [-0.2, 0) is 23.0 Å². The second-order valence-electron chi connectivity index (χ2n) is 4.28. The van der Waals surface area contributed by atoms with Crippen LogP contribution in [0.25, 0.3) is 0 Å². The van der Waals surface area contributed by atoms with Crippen molar-refractivity contribution < 1.29 is 13.5 Å². The van der Waals surface area contributed by atoms with Gasteiger partial charge in [-0.3, -0.25) is 4.68 Å². The van der Waals surface area contributed by atoms with E-state index in [1.165, 1.54) is 0 Å². The van der Waals surface area contributed by atoms with Gasteiger partial charge in [0.2, 0.25) is 10.0 Å². The zero-order valence-corrected chi connectivity index (χ0v) is 11.4. The summed E-state index contributed by atoms with van der Waals surface area (Å²) in [6, 6.07) is -0.259. The van der Waals surface area contributed by atoms with Gasteiger partial charge in [0.05, 0.1) is 25.4 Å². The number of nitrogens with one attached hydrogen (secondary N) is 1. The van der Waals surface area contributed by atoms with Gasteiger partial charge in [-0.15, -0.1) is 11.6 Å². The van der Waals surface area contributed by atoms with Gasteiger partial charge in [0.1, 0.15) is 5.21 Å². The quantitative estimate of drug-likeness (QED) is 0.768. The fourth-order valence-corrected chi connectivity index (χ4v) is 3.21. The Balaban J connectivity index is 2.23. The van der Waals surface area contributed by atoms with E-state index < -0.39 is 15.2 Å². The van der Waals surface area contributed by atoms with Crippen LogP contribution in [0, 0.1) is 0 Å². The summed E-state index contributed by atoms with van der Waals surface area (Å²) in [6.45, 7) is 0.455. The molecule has 1 aromatic heterocycles. The van der Waals surface area contributed by atoms with Crippen molar-refractivity contribution in [1.29, 1.82) is 0 Å². The number of halogens is 1. The molecule has 1 unspecified atom stereocenters. The largest absolute Gasteiger partial charge is 0.394 e. The van der Waals surface area contributed by atoms with Crippen molar-refractivity contribution in [3.05, 3.63) is 17.5 Å². The third kappa shape index (κ3) is 2.85. The summed E-state index contributed by atoms with van der Waals surface area (Å²) in [5, 5.41) is 12.7. The molecule has 0 aliphatic heterocycles. The first-order chi connectivity index (χ1) is 8.57. The molecule has 1 heterocycles. The third-order valence-electron chi connectivity index (χ3n) is 3.04. The molecule has 102 valence electrons. The highest BCUT2D eigenvalue weighted by atomic mass is 35.5. The lowest BCUT2D eigenvalue weighted by Gasteiger charge is -2.23. The molecule has 1 atom stereocenters. The summed E-state index contributed by atoms with van der Waals surface area (Å²) >= 11 is 5.39. The Morgan fingerprint density at radius 3 is 3.06 bits per heavy atom. The summed E-state index contributed by atoms with van der Waals surface area (Å²) in [6.07, 6.45) is 4.16. The first kappa shape index (κ1) is 13.8. The van der Waals surface area contributed by atoms with Crippen molar-refractivity contribution in [1.82, 2.24) is 14.5 Å². The maximum atomic E-state index is 11.5. The molecule has 0 bridgehead atoms. The van der Waals surface area contributed by atoms with Gasteiger partial charge in [-0.1, -0.05) is 0 Å². The zero-order chi connectivity index (χ0) is 13.2. The van der Waals surface area contributed by atoms with Crippen molar-refractivity contribution >= 4 is 21.6 Å². The molecule has 1 aliphatic carbocycles. The minimum Gasteiger partial charge on any atom is -0.394 e. The number of aromatic nitrogens is 2. The van der Waals surface area contributed by atoms with Crippen molar-refractivity contribution in [2.24, 2.45) is 0 Å². The van der Waals surface area contributed by atoms with Gasteiger partial charge in [0.15, 0.2) is 0 Å². The number of alkyl halides is 1. The number of fused-ring (bicyclic) bond motifs is 1. The van der Waals surface area contributed by atoms with Gasteiger partial charge in [-0.25, -0.2) is 13.1 Å². The van der Waals surface area contributed by atoms with E-state index in [2.05, 4.69) is 9.82 Å². The number of hydrogen-bond acceptors (Lipinski definition) is 4. The molecule has 0 radical (unpaired) electrons. The van der Waals surface area contributed by atoms with Crippen LogP contribution >= 0.6 is 11.6 Å². The van der Waals surface area contributed by atoms with Crippen LogP contribution in [0.3, 0.4) is 0 Å². The summed E-state index contributed by atoms with van der Waals surface area (Å²) in [7, 11) is -3.44. The summed E-state index contributed by atoms with van der Waals surface area (Å²) in [5.74, 6) is 0. The molecule has 1 aromatic rings. The fourth-order valence-electron chi connectivity index (χ4n) is 2.28. The molecule has 0 amide bonds. The van der Waals surface area contributed by atoms with Crippen LogP contribution in [0.4, 0.5) is 0 Å². The van der Waals surface area contributed by atoms with Crippen LogP contribution in [0.1, 0.15) is 30.1 Å². The Morgan fingerprint density at radius 2 is 2.39 bits per heavy atom. The molecule has 0 saturated heterocycles. The van der Waals surface area contributed by atoms with Gasteiger partial charge < -0.3 is 5.11 Å². The topological polar surface area (TPSA) is 84.2 Å². The van der Waals surface area contributed by atoms with E-state index in [0.29, 0.717) is 6.54 Å². The monoisotopic (exact) mass is 293 g/mol. The molecule has 18 heavy (non-hydrogen) atoms. The normalized spacial score (nSPS) is 19.8. The second kappa shape index (κ2) is 5.56. The Labute approximate surface area is 111 Å². The second-order valence-corrected chi connectivity index (χ2v) is 6.62. The molecule has 2 rings (SSSR count). The minimum atomic E-state index is -3.44. The standard InChI is InChI=1S/C10H16ClN3O3S/c11-7-18(16,17)13-9-2-1-3-10-8(9)6-12-14(10)4-5-15/h6,9,13,15H,1-5,7H2. The number of aliphatic hydroxyl groups excluding tert-OH is 1. The molecule has 6 nitrogen and oxygen atoms in total. The highest BCUT2D eigenvalue weighted by Crippen LogP contribution is 2.30. The van der Waals surface area contributed by atoms with Crippen LogP contribution in [0.5, 0.6) is 0 Å². The Kier molecular flexibility index (Phi) is 4.26. The van der Waals surface area contributed by atoms with Crippen molar-refractivity contribution in [2.75, 3.05) is 11.8 Å². The summed E-state index contributed by atoms with van der Waals surface area (Å²) < 4.78 is 27.3. The molecule has 8 heteroatoms. The molecular weight excluding hydrogens is 278 g/mol. The SMILES string of the molecule is O=S(=O)(CCl)NC1CCCc2c1cnn2CCO. The first-order valence-electron chi connectivity index (χ1n) is 5.79. The Morgan fingerprint density at radius 1 is 1.61 bits per heavy atom. The van der Waals surface area contributed by atoms with E-state index in [1.54, 1.807) is 10.9 Å². The lowest BCUT2D eigenvalue weighted by Crippen LogP contribution is -2.31. The van der Waals surface area contributed by atoms with Crippen molar-refractivity contribution in [3.63, 3.8) is 0 Å². The average Bonchev–Trinajstić information content (AvgIpc) is 2.74. The maximum absolute atomic E-state index is 11.5. The summed E-state index contributed by atoms with van der Waals surface area (Å²) in [4.78, 5) is 0. The number of nitrogens with zero attached hydrogens (tertiary/aromatic N) is 2. The van der Waals surface area contributed by atoms with E-state index in [1.807, 2.05) is 0 Å². The predicted octanol–water partition coefficient (Wildman–Crippen LogP) is 0.369. The highest BCUT2D eigenvalue weighted by Gasteiger charge is 2.27. The highest BCUT2D eigenvalue weighted by molar-refractivity contribution is 7.90. The summed E-state index contributed by atoms with van der Waals surface area (Å²) in [5.41, 5.74) is 1.89. The lowest BCUT2D eigenvalue weighted by atomic mass is 9.94. The van der Waals surface area contributed by atoms with Gasteiger partial charge in [-0.05, 0) is 19.3 Å². The molecule has 2 N–H and O–H groups in total. The number of aliphatic hydroxyl groups is 1. The van der Waals surface area contributed by atoms with Crippen LogP contribution in [-0.4, -0.2) is 35.1 Å². The van der Waals surface area contributed by atoms with Gasteiger partial charge >= 0.3 is 0 Å².